The van der Waals surface area contributed by atoms with Crippen molar-refractivity contribution in [3.8, 4) is 0 Å². The molecule has 0 radical (unpaired) electrons. The van der Waals surface area contributed by atoms with Crippen LogP contribution in [0, 0.1) is 11.6 Å². The standard InChI is InChI=1S/C12H12F2N2/c1-3-7-6-10(15-2)8-4-5-9(13)11(14)12(8)16-7/h4-6H,3H2,1-2H3,(H,15,16). The van der Waals surface area contributed by atoms with Gasteiger partial charge in [-0.05, 0) is 24.6 Å². The maximum absolute atomic E-state index is 13.6. The van der Waals surface area contributed by atoms with Crippen LogP contribution in [0.25, 0.3) is 10.9 Å². The van der Waals surface area contributed by atoms with Gasteiger partial charge < -0.3 is 5.32 Å². The third kappa shape index (κ3) is 1.60. The Morgan fingerprint density at radius 2 is 2.06 bits per heavy atom. The largest absolute Gasteiger partial charge is 0.388 e. The second kappa shape index (κ2) is 4.04. The number of benzene rings is 1. The van der Waals surface area contributed by atoms with Gasteiger partial charge >= 0.3 is 0 Å². The first kappa shape index (κ1) is 10.8. The van der Waals surface area contributed by atoms with Crippen molar-refractivity contribution in [3.05, 3.63) is 35.5 Å². The number of fused-ring (bicyclic) bond motifs is 1. The molecule has 4 heteroatoms. The van der Waals surface area contributed by atoms with Crippen molar-refractivity contribution in [3.63, 3.8) is 0 Å². The quantitative estimate of drug-likeness (QED) is 0.844. The van der Waals surface area contributed by atoms with Crippen molar-refractivity contribution in [1.29, 1.82) is 0 Å². The minimum Gasteiger partial charge on any atom is -0.388 e. The van der Waals surface area contributed by atoms with Crippen LogP contribution in [-0.2, 0) is 6.42 Å². The third-order valence-corrected chi connectivity index (χ3v) is 2.56. The van der Waals surface area contributed by atoms with Gasteiger partial charge in [0, 0.05) is 23.8 Å². The highest BCUT2D eigenvalue weighted by atomic mass is 19.2. The summed E-state index contributed by atoms with van der Waals surface area (Å²) < 4.78 is 26.7. The zero-order valence-corrected chi connectivity index (χ0v) is 9.14. The summed E-state index contributed by atoms with van der Waals surface area (Å²) in [5.41, 5.74) is 1.59. The first-order valence-electron chi connectivity index (χ1n) is 5.12. The molecule has 2 nitrogen and oxygen atoms in total. The van der Waals surface area contributed by atoms with Crippen LogP contribution in [0.1, 0.15) is 12.6 Å². The van der Waals surface area contributed by atoms with Gasteiger partial charge in [0.1, 0.15) is 5.52 Å². The lowest BCUT2D eigenvalue weighted by Crippen LogP contribution is -1.98. The topological polar surface area (TPSA) is 24.9 Å². The molecular weight excluding hydrogens is 210 g/mol. The van der Waals surface area contributed by atoms with Gasteiger partial charge in [-0.3, -0.25) is 0 Å². The van der Waals surface area contributed by atoms with Crippen molar-refractivity contribution < 1.29 is 8.78 Å². The molecule has 0 atom stereocenters. The molecule has 1 N–H and O–H groups in total. The summed E-state index contributed by atoms with van der Waals surface area (Å²) in [4.78, 5) is 4.11. The number of nitrogens with one attached hydrogen (secondary N) is 1. The Bertz CT molecular complexity index is 538. The summed E-state index contributed by atoms with van der Waals surface area (Å²) in [6, 6.07) is 4.50. The summed E-state index contributed by atoms with van der Waals surface area (Å²) in [5.74, 6) is -1.75. The number of aromatic nitrogens is 1. The number of anilines is 1. The molecule has 1 aromatic carbocycles. The molecule has 0 aliphatic rings. The van der Waals surface area contributed by atoms with Crippen molar-refractivity contribution >= 4 is 16.6 Å². The monoisotopic (exact) mass is 222 g/mol. The van der Waals surface area contributed by atoms with E-state index in [0.717, 1.165) is 17.4 Å². The number of hydrogen-bond donors (Lipinski definition) is 1. The number of halogens is 2. The van der Waals surface area contributed by atoms with Crippen LogP contribution in [0.5, 0.6) is 0 Å². The highest BCUT2D eigenvalue weighted by molar-refractivity contribution is 5.91. The van der Waals surface area contributed by atoms with Gasteiger partial charge in [-0.1, -0.05) is 6.92 Å². The van der Waals surface area contributed by atoms with Crippen LogP contribution in [-0.4, -0.2) is 12.0 Å². The van der Waals surface area contributed by atoms with Crippen LogP contribution in [0.2, 0.25) is 0 Å². The zero-order chi connectivity index (χ0) is 11.7. The second-order valence-corrected chi connectivity index (χ2v) is 3.52. The summed E-state index contributed by atoms with van der Waals surface area (Å²) in [7, 11) is 1.75. The smallest absolute Gasteiger partial charge is 0.185 e. The normalized spacial score (nSPS) is 10.8. The van der Waals surface area contributed by atoms with E-state index in [0.29, 0.717) is 11.8 Å². The number of hydrogen-bond acceptors (Lipinski definition) is 2. The Balaban J connectivity index is 2.84. The molecule has 16 heavy (non-hydrogen) atoms. The van der Waals surface area contributed by atoms with Gasteiger partial charge in [-0.2, -0.15) is 0 Å². The molecule has 1 heterocycles. The van der Waals surface area contributed by atoms with E-state index in [9.17, 15) is 8.78 Å². The molecule has 0 unspecified atom stereocenters. The van der Waals surface area contributed by atoms with E-state index >= 15 is 0 Å². The van der Waals surface area contributed by atoms with Crippen LogP contribution in [0.3, 0.4) is 0 Å². The second-order valence-electron chi connectivity index (χ2n) is 3.52. The van der Waals surface area contributed by atoms with E-state index in [1.807, 2.05) is 13.0 Å². The van der Waals surface area contributed by atoms with Gasteiger partial charge in [0.2, 0.25) is 0 Å². The first-order chi connectivity index (χ1) is 7.67. The fraction of sp³-hybridized carbons (Fsp3) is 0.250. The summed E-state index contributed by atoms with van der Waals surface area (Å²) in [6.45, 7) is 1.92. The Morgan fingerprint density at radius 3 is 2.69 bits per heavy atom. The van der Waals surface area contributed by atoms with Crippen LogP contribution in [0.15, 0.2) is 18.2 Å². The SMILES string of the molecule is CCc1cc(NC)c2ccc(F)c(F)c2n1. The molecule has 0 amide bonds. The van der Waals surface area contributed by atoms with E-state index in [2.05, 4.69) is 10.3 Å². The van der Waals surface area contributed by atoms with E-state index in [4.69, 9.17) is 0 Å². The Morgan fingerprint density at radius 1 is 1.31 bits per heavy atom. The highest BCUT2D eigenvalue weighted by Crippen LogP contribution is 2.26. The van der Waals surface area contributed by atoms with Gasteiger partial charge in [0.25, 0.3) is 0 Å². The van der Waals surface area contributed by atoms with Crippen molar-refractivity contribution in [2.45, 2.75) is 13.3 Å². The van der Waals surface area contributed by atoms with Crippen LogP contribution in [0.4, 0.5) is 14.5 Å². The summed E-state index contributed by atoms with van der Waals surface area (Å²) in [5, 5.41) is 3.56. The molecule has 2 rings (SSSR count). The van der Waals surface area contributed by atoms with Crippen molar-refractivity contribution in [1.82, 2.24) is 4.98 Å². The van der Waals surface area contributed by atoms with Gasteiger partial charge in [0.05, 0.1) is 0 Å². The minimum absolute atomic E-state index is 0.0868. The number of aryl methyl sites for hydroxylation is 1. The van der Waals surface area contributed by atoms with Crippen molar-refractivity contribution in [2.75, 3.05) is 12.4 Å². The Hall–Kier alpha value is -1.71. The summed E-state index contributed by atoms with van der Waals surface area (Å²) in [6.07, 6.45) is 0.681. The predicted octanol–water partition coefficient (Wildman–Crippen LogP) is 3.12. The van der Waals surface area contributed by atoms with E-state index in [1.165, 1.54) is 6.07 Å². The van der Waals surface area contributed by atoms with Crippen molar-refractivity contribution in [2.24, 2.45) is 0 Å². The molecule has 0 bridgehead atoms. The van der Waals surface area contributed by atoms with E-state index in [-0.39, 0.29) is 5.52 Å². The lowest BCUT2D eigenvalue weighted by Gasteiger charge is -2.09. The van der Waals surface area contributed by atoms with E-state index < -0.39 is 11.6 Å². The molecule has 1 aromatic heterocycles. The molecule has 0 aliphatic carbocycles. The number of rotatable bonds is 2. The molecule has 0 saturated carbocycles. The molecule has 0 aliphatic heterocycles. The summed E-state index contributed by atoms with van der Waals surface area (Å²) >= 11 is 0. The minimum atomic E-state index is -0.885. The van der Waals surface area contributed by atoms with Gasteiger partial charge in [-0.15, -0.1) is 0 Å². The van der Waals surface area contributed by atoms with E-state index in [1.54, 1.807) is 7.05 Å². The zero-order valence-electron chi connectivity index (χ0n) is 9.14. The molecule has 0 fully saturated rings. The maximum Gasteiger partial charge on any atom is 0.185 e. The lowest BCUT2D eigenvalue weighted by atomic mass is 10.1. The van der Waals surface area contributed by atoms with Crippen LogP contribution < -0.4 is 5.32 Å². The predicted molar refractivity (Wildman–Crippen MR) is 60.6 cm³/mol. The number of nitrogens with zero attached hydrogens (tertiary/aromatic N) is 1. The Kier molecular flexibility index (Phi) is 2.73. The molecule has 84 valence electrons. The fourth-order valence-corrected chi connectivity index (χ4v) is 1.67. The third-order valence-electron chi connectivity index (χ3n) is 2.56. The molecule has 0 saturated heterocycles. The molecule has 0 spiro atoms. The van der Waals surface area contributed by atoms with Gasteiger partial charge in [0.15, 0.2) is 11.6 Å². The van der Waals surface area contributed by atoms with Gasteiger partial charge in [-0.25, -0.2) is 13.8 Å². The Labute approximate surface area is 92.3 Å². The fourth-order valence-electron chi connectivity index (χ4n) is 1.67. The first-order valence-corrected chi connectivity index (χ1v) is 5.12. The average molecular weight is 222 g/mol. The highest BCUT2D eigenvalue weighted by Gasteiger charge is 2.12. The maximum atomic E-state index is 13.6. The molecule has 2 aromatic rings. The number of pyridine rings is 1. The lowest BCUT2D eigenvalue weighted by molar-refractivity contribution is 0.515. The van der Waals surface area contributed by atoms with Crippen LogP contribution >= 0.6 is 0 Å². The average Bonchev–Trinajstić information content (AvgIpc) is 2.32. The molecular formula is C12H12F2N2.